The molecule has 0 radical (unpaired) electrons. The van der Waals surface area contributed by atoms with E-state index in [0.29, 0.717) is 6.61 Å². The largest absolute Gasteiger partial charge is 0.390 e. The quantitative estimate of drug-likeness (QED) is 0.848. The molecule has 0 aliphatic carbocycles. The van der Waals surface area contributed by atoms with Crippen molar-refractivity contribution in [3.63, 3.8) is 0 Å². The first-order valence-electron chi connectivity index (χ1n) is 5.81. The van der Waals surface area contributed by atoms with Crippen LogP contribution in [-0.4, -0.2) is 17.8 Å². The van der Waals surface area contributed by atoms with Crippen molar-refractivity contribution in [1.82, 2.24) is 0 Å². The molecule has 2 unspecified atom stereocenters. The van der Waals surface area contributed by atoms with Crippen LogP contribution in [0, 0.1) is 5.41 Å². The Labute approximate surface area is 98.3 Å². The lowest BCUT2D eigenvalue weighted by Crippen LogP contribution is -2.33. The van der Waals surface area contributed by atoms with Crippen LogP contribution >= 0.6 is 0 Å². The van der Waals surface area contributed by atoms with Crippen molar-refractivity contribution in [2.45, 2.75) is 39.9 Å². The van der Waals surface area contributed by atoms with E-state index >= 15 is 0 Å². The maximum atomic E-state index is 10.3. The van der Waals surface area contributed by atoms with E-state index in [1.165, 1.54) is 0 Å². The molecule has 16 heavy (non-hydrogen) atoms. The molecule has 0 aliphatic heterocycles. The Morgan fingerprint density at radius 2 is 1.75 bits per heavy atom. The molecule has 2 nitrogen and oxygen atoms in total. The second kappa shape index (κ2) is 5.46. The van der Waals surface area contributed by atoms with E-state index < -0.39 is 6.10 Å². The molecule has 0 aromatic heterocycles. The fraction of sp³-hybridized carbons (Fsp3) is 0.571. The minimum absolute atomic E-state index is 0.185. The maximum absolute atomic E-state index is 10.3. The van der Waals surface area contributed by atoms with Gasteiger partial charge in [0.1, 0.15) is 6.10 Å². The second-order valence-corrected chi connectivity index (χ2v) is 5.10. The van der Waals surface area contributed by atoms with E-state index in [1.54, 1.807) is 0 Å². The third kappa shape index (κ3) is 3.32. The lowest BCUT2D eigenvalue weighted by Gasteiger charge is -2.33. The van der Waals surface area contributed by atoms with E-state index in [4.69, 9.17) is 4.74 Å². The highest BCUT2D eigenvalue weighted by Crippen LogP contribution is 2.32. The summed E-state index contributed by atoms with van der Waals surface area (Å²) in [5, 5.41) is 10.3. The van der Waals surface area contributed by atoms with E-state index in [0.717, 1.165) is 5.56 Å². The van der Waals surface area contributed by atoms with Crippen LogP contribution in [-0.2, 0) is 4.74 Å². The minimum atomic E-state index is -0.505. The highest BCUT2D eigenvalue weighted by molar-refractivity contribution is 5.19. The van der Waals surface area contributed by atoms with Gasteiger partial charge in [0.15, 0.2) is 0 Å². The maximum Gasteiger partial charge on any atom is 0.109 e. The Balaban J connectivity index is 2.92. The Morgan fingerprint density at radius 1 is 1.19 bits per heavy atom. The van der Waals surface area contributed by atoms with E-state index in [9.17, 15) is 5.11 Å². The van der Waals surface area contributed by atoms with Gasteiger partial charge in [0.2, 0.25) is 0 Å². The SMILES string of the molecule is CCOC(c1ccccc1)C(O)C(C)(C)C. The van der Waals surface area contributed by atoms with Crippen molar-refractivity contribution in [3.05, 3.63) is 35.9 Å². The van der Waals surface area contributed by atoms with Crippen molar-refractivity contribution >= 4 is 0 Å². The lowest BCUT2D eigenvalue weighted by molar-refractivity contribution is -0.0810. The molecule has 0 fully saturated rings. The van der Waals surface area contributed by atoms with Gasteiger partial charge in [-0.2, -0.15) is 0 Å². The summed E-state index contributed by atoms with van der Waals surface area (Å²) in [6, 6.07) is 9.90. The fourth-order valence-corrected chi connectivity index (χ4v) is 1.65. The number of aliphatic hydroxyl groups is 1. The van der Waals surface area contributed by atoms with Crippen LogP contribution in [0.3, 0.4) is 0 Å². The van der Waals surface area contributed by atoms with Crippen LogP contribution in [0.15, 0.2) is 30.3 Å². The summed E-state index contributed by atoms with van der Waals surface area (Å²) in [6.07, 6.45) is -0.749. The van der Waals surface area contributed by atoms with Crippen molar-refractivity contribution in [1.29, 1.82) is 0 Å². The third-order valence-electron chi connectivity index (χ3n) is 2.65. The van der Waals surface area contributed by atoms with Gasteiger partial charge in [0, 0.05) is 6.61 Å². The second-order valence-electron chi connectivity index (χ2n) is 5.10. The van der Waals surface area contributed by atoms with Crippen LogP contribution in [0.1, 0.15) is 39.4 Å². The topological polar surface area (TPSA) is 29.5 Å². The molecule has 1 N–H and O–H groups in total. The van der Waals surface area contributed by atoms with Gasteiger partial charge in [0.25, 0.3) is 0 Å². The Hall–Kier alpha value is -0.860. The van der Waals surface area contributed by atoms with Crippen LogP contribution in [0.25, 0.3) is 0 Å². The highest BCUT2D eigenvalue weighted by Gasteiger charge is 2.31. The van der Waals surface area contributed by atoms with Crippen LogP contribution < -0.4 is 0 Å². The first-order valence-corrected chi connectivity index (χ1v) is 5.81. The summed E-state index contributed by atoms with van der Waals surface area (Å²) in [5.74, 6) is 0. The molecule has 0 amide bonds. The summed E-state index contributed by atoms with van der Waals surface area (Å²) in [6.45, 7) is 8.61. The van der Waals surface area contributed by atoms with Gasteiger partial charge in [-0.15, -0.1) is 0 Å². The van der Waals surface area contributed by atoms with Gasteiger partial charge in [0.05, 0.1) is 6.10 Å². The van der Waals surface area contributed by atoms with Crippen molar-refractivity contribution in [2.75, 3.05) is 6.61 Å². The smallest absolute Gasteiger partial charge is 0.109 e. The average molecular weight is 222 g/mol. The van der Waals surface area contributed by atoms with Crippen LogP contribution in [0.4, 0.5) is 0 Å². The van der Waals surface area contributed by atoms with Gasteiger partial charge < -0.3 is 9.84 Å². The molecule has 2 atom stereocenters. The van der Waals surface area contributed by atoms with Gasteiger partial charge in [-0.3, -0.25) is 0 Å². The minimum Gasteiger partial charge on any atom is -0.390 e. The number of rotatable bonds is 4. The van der Waals surface area contributed by atoms with E-state index in [2.05, 4.69) is 0 Å². The molecule has 1 aromatic rings. The van der Waals surface area contributed by atoms with Crippen LogP contribution in [0.5, 0.6) is 0 Å². The number of aliphatic hydroxyl groups excluding tert-OH is 1. The zero-order valence-corrected chi connectivity index (χ0v) is 10.6. The van der Waals surface area contributed by atoms with Gasteiger partial charge in [-0.1, -0.05) is 51.1 Å². The van der Waals surface area contributed by atoms with E-state index in [1.807, 2.05) is 58.0 Å². The summed E-state index contributed by atoms with van der Waals surface area (Å²) in [7, 11) is 0. The molecule has 0 saturated carbocycles. The standard InChI is InChI=1S/C14H22O2/c1-5-16-12(13(15)14(2,3)4)11-9-7-6-8-10-11/h6-10,12-13,15H,5H2,1-4H3. The molecule has 2 heteroatoms. The molecule has 90 valence electrons. The zero-order chi connectivity index (χ0) is 12.2. The van der Waals surface area contributed by atoms with Crippen molar-refractivity contribution in [2.24, 2.45) is 5.41 Å². The Bertz CT molecular complexity index is 300. The summed E-state index contributed by atoms with van der Waals surface area (Å²) in [5.41, 5.74) is 0.849. The molecular formula is C14H22O2. The summed E-state index contributed by atoms with van der Waals surface area (Å²) >= 11 is 0. The number of benzene rings is 1. The summed E-state index contributed by atoms with van der Waals surface area (Å²) < 4.78 is 5.67. The molecule has 0 aliphatic rings. The monoisotopic (exact) mass is 222 g/mol. The van der Waals surface area contributed by atoms with Crippen molar-refractivity contribution < 1.29 is 9.84 Å². The molecule has 0 spiro atoms. The molecule has 0 bridgehead atoms. The van der Waals surface area contributed by atoms with Crippen molar-refractivity contribution in [3.8, 4) is 0 Å². The Kier molecular flexibility index (Phi) is 4.51. The third-order valence-corrected chi connectivity index (χ3v) is 2.65. The van der Waals surface area contributed by atoms with E-state index in [-0.39, 0.29) is 11.5 Å². The van der Waals surface area contributed by atoms with Gasteiger partial charge in [-0.05, 0) is 17.9 Å². The fourth-order valence-electron chi connectivity index (χ4n) is 1.65. The zero-order valence-electron chi connectivity index (χ0n) is 10.6. The molecule has 0 heterocycles. The predicted octanol–water partition coefficient (Wildman–Crippen LogP) is 3.17. The molecule has 1 aromatic carbocycles. The lowest BCUT2D eigenvalue weighted by atomic mass is 9.83. The predicted molar refractivity (Wildman–Crippen MR) is 66.3 cm³/mol. The average Bonchev–Trinajstić information content (AvgIpc) is 2.25. The van der Waals surface area contributed by atoms with Crippen LogP contribution in [0.2, 0.25) is 0 Å². The Morgan fingerprint density at radius 3 is 2.19 bits per heavy atom. The molecule has 1 rings (SSSR count). The first-order chi connectivity index (χ1) is 7.46. The normalized spacial score (nSPS) is 15.8. The summed E-state index contributed by atoms with van der Waals surface area (Å²) in [4.78, 5) is 0. The first kappa shape index (κ1) is 13.2. The number of ether oxygens (including phenoxy) is 1. The molecule has 0 saturated heterocycles. The number of hydrogen-bond donors (Lipinski definition) is 1. The highest BCUT2D eigenvalue weighted by atomic mass is 16.5. The van der Waals surface area contributed by atoms with Gasteiger partial charge >= 0.3 is 0 Å². The number of hydrogen-bond acceptors (Lipinski definition) is 2. The van der Waals surface area contributed by atoms with Gasteiger partial charge in [-0.25, -0.2) is 0 Å². The molecular weight excluding hydrogens is 200 g/mol.